The molecule has 2 spiro atoms. The maximum Gasteiger partial charge on any atom is 0.318 e. The van der Waals surface area contributed by atoms with Crippen molar-refractivity contribution in [3.05, 3.63) is 42.1 Å². The number of hydrogen-bond acceptors (Lipinski definition) is 8. The number of likely N-dealkylation sites (tertiary alicyclic amines) is 1. The van der Waals surface area contributed by atoms with Gasteiger partial charge < -0.3 is 34.8 Å². The van der Waals surface area contributed by atoms with Gasteiger partial charge in [0.2, 0.25) is 0 Å². The van der Waals surface area contributed by atoms with Crippen LogP contribution in [0, 0.1) is 17.2 Å². The number of aliphatic hydroxyl groups is 1. The molecule has 6 rings (SSSR count). The van der Waals surface area contributed by atoms with Crippen molar-refractivity contribution >= 4 is 17.8 Å². The number of rotatable bonds is 10. The first-order valence-corrected chi connectivity index (χ1v) is 16.9. The van der Waals surface area contributed by atoms with Crippen LogP contribution in [-0.2, 0) is 0 Å². The number of halogens is 1. The van der Waals surface area contributed by atoms with Gasteiger partial charge >= 0.3 is 6.03 Å². The molecule has 46 heavy (non-hydrogen) atoms. The molecule has 1 aliphatic carbocycles. The zero-order valence-electron chi connectivity index (χ0n) is 27.4. The molecule has 3 aliphatic heterocycles. The standard InChI is InChI=1S/C34H48FN7O4/c1-4-42(24(2)3)31(44)27-17-26(35)5-6-28(27)46-29-18-36-23-37-30(29)41-20-33(21-41)11-13-39(14-12-33)19-25-7-9-34(10-8-25)22-40(15-16-43)32(45)38-34/h5-6,17-18,23-25,43H,4,7-16,19-22H2,1-3H3,(H,38,45). The number of nitrogens with zero attached hydrogens (tertiary/aromatic N) is 6. The van der Waals surface area contributed by atoms with E-state index in [1.165, 1.54) is 24.5 Å². The van der Waals surface area contributed by atoms with Crippen LogP contribution in [0.5, 0.6) is 11.5 Å². The fraction of sp³-hybridized carbons (Fsp3) is 0.647. The highest BCUT2D eigenvalue weighted by molar-refractivity contribution is 5.97. The average Bonchev–Trinajstić information content (AvgIpc) is 3.33. The lowest BCUT2D eigenvalue weighted by Crippen LogP contribution is -2.61. The summed E-state index contributed by atoms with van der Waals surface area (Å²) < 4.78 is 20.5. The molecule has 0 bridgehead atoms. The average molecular weight is 638 g/mol. The van der Waals surface area contributed by atoms with Gasteiger partial charge in [-0.1, -0.05) is 0 Å². The quantitative estimate of drug-likeness (QED) is 0.400. The highest BCUT2D eigenvalue weighted by Gasteiger charge is 2.47. The van der Waals surface area contributed by atoms with Gasteiger partial charge in [0.15, 0.2) is 11.6 Å². The maximum atomic E-state index is 14.3. The molecular formula is C34H48FN7O4. The van der Waals surface area contributed by atoms with E-state index in [4.69, 9.17) is 4.74 Å². The Kier molecular flexibility index (Phi) is 9.38. The summed E-state index contributed by atoms with van der Waals surface area (Å²) in [7, 11) is 0. The summed E-state index contributed by atoms with van der Waals surface area (Å²) in [5, 5.41) is 12.5. The number of urea groups is 1. The molecular weight excluding hydrogens is 589 g/mol. The summed E-state index contributed by atoms with van der Waals surface area (Å²) in [5.41, 5.74) is 0.309. The Balaban J connectivity index is 1.02. The van der Waals surface area contributed by atoms with Crippen molar-refractivity contribution in [1.29, 1.82) is 0 Å². The summed E-state index contributed by atoms with van der Waals surface area (Å²) in [6.45, 7) is 12.4. The van der Waals surface area contributed by atoms with Crippen LogP contribution < -0.4 is 15.0 Å². The van der Waals surface area contributed by atoms with Crippen LogP contribution in [0.15, 0.2) is 30.7 Å². The normalized spacial score (nSPS) is 24.4. The van der Waals surface area contributed by atoms with Gasteiger partial charge in [-0.15, -0.1) is 0 Å². The molecule has 2 N–H and O–H groups in total. The van der Waals surface area contributed by atoms with Crippen molar-refractivity contribution in [2.45, 2.75) is 70.9 Å². The molecule has 0 unspecified atom stereocenters. The third-order valence-corrected chi connectivity index (χ3v) is 10.6. The topological polar surface area (TPSA) is 114 Å². The van der Waals surface area contributed by atoms with Crippen LogP contribution >= 0.6 is 0 Å². The Labute approximate surface area is 271 Å². The molecule has 4 fully saturated rings. The van der Waals surface area contributed by atoms with Crippen molar-refractivity contribution in [3.8, 4) is 11.5 Å². The smallest absolute Gasteiger partial charge is 0.318 e. The van der Waals surface area contributed by atoms with Crippen LogP contribution in [0.25, 0.3) is 0 Å². The summed E-state index contributed by atoms with van der Waals surface area (Å²) in [5.74, 6) is 1.32. The molecule has 2 aromatic rings. The lowest BCUT2D eigenvalue weighted by atomic mass is 9.71. The van der Waals surface area contributed by atoms with Crippen LogP contribution in [0.3, 0.4) is 0 Å². The number of nitrogens with one attached hydrogen (secondary N) is 1. The van der Waals surface area contributed by atoms with E-state index < -0.39 is 5.82 Å². The minimum absolute atomic E-state index is 0.00397. The Bertz CT molecular complexity index is 1400. The molecule has 12 heteroatoms. The number of carbonyl (C=O) groups is 2. The molecule has 1 saturated carbocycles. The molecule has 3 saturated heterocycles. The second kappa shape index (κ2) is 13.3. The number of hydrogen-bond donors (Lipinski definition) is 2. The number of piperidine rings is 1. The SMILES string of the molecule is CCN(C(=O)c1cc(F)ccc1Oc1cncnc1N1CC2(CCN(CC3CCC4(CC3)CN(CCO)C(=O)N4)CC2)C1)C(C)C. The van der Waals surface area contributed by atoms with Crippen molar-refractivity contribution < 1.29 is 23.8 Å². The van der Waals surface area contributed by atoms with Crippen molar-refractivity contribution in [3.63, 3.8) is 0 Å². The minimum Gasteiger partial charge on any atom is -0.451 e. The second-order valence-corrected chi connectivity index (χ2v) is 14.1. The highest BCUT2D eigenvalue weighted by atomic mass is 19.1. The van der Waals surface area contributed by atoms with Crippen molar-refractivity contribution in [2.75, 3.05) is 63.9 Å². The summed E-state index contributed by atoms with van der Waals surface area (Å²) in [6.07, 6.45) is 9.64. The fourth-order valence-electron chi connectivity index (χ4n) is 7.98. The number of amides is 3. The van der Waals surface area contributed by atoms with Crippen molar-refractivity contribution in [1.82, 2.24) is 30.0 Å². The molecule has 4 heterocycles. The summed E-state index contributed by atoms with van der Waals surface area (Å²) >= 11 is 0. The maximum absolute atomic E-state index is 14.3. The Hall–Kier alpha value is -3.51. The first-order chi connectivity index (χ1) is 22.1. The van der Waals surface area contributed by atoms with Crippen LogP contribution in [0.1, 0.15) is 69.7 Å². The van der Waals surface area contributed by atoms with Gasteiger partial charge in [-0.05, 0) is 96.5 Å². The third kappa shape index (κ3) is 6.64. The molecule has 0 atom stereocenters. The predicted octanol–water partition coefficient (Wildman–Crippen LogP) is 4.13. The number of benzene rings is 1. The molecule has 11 nitrogen and oxygen atoms in total. The van der Waals surface area contributed by atoms with Gasteiger partial charge in [0.05, 0.1) is 23.9 Å². The van der Waals surface area contributed by atoms with Crippen LogP contribution in [0.4, 0.5) is 15.0 Å². The van der Waals surface area contributed by atoms with Gasteiger partial charge in [-0.3, -0.25) is 4.79 Å². The summed E-state index contributed by atoms with van der Waals surface area (Å²) in [6, 6.07) is 3.97. The molecule has 1 aromatic heterocycles. The van der Waals surface area contributed by atoms with Crippen LogP contribution in [0.2, 0.25) is 0 Å². The van der Waals surface area contributed by atoms with E-state index in [9.17, 15) is 19.1 Å². The molecule has 1 aromatic carbocycles. The van der Waals surface area contributed by atoms with Crippen molar-refractivity contribution in [2.24, 2.45) is 11.3 Å². The highest BCUT2D eigenvalue weighted by Crippen LogP contribution is 2.45. The number of aromatic nitrogens is 2. The van der Waals surface area contributed by atoms with Gasteiger partial charge in [0, 0.05) is 50.7 Å². The van der Waals surface area contributed by atoms with E-state index in [-0.39, 0.29) is 46.9 Å². The zero-order chi connectivity index (χ0) is 32.5. The number of β-amino-alcohol motifs (C(OH)–C–C–N with tert-alkyl or cyclic N) is 1. The first-order valence-electron chi connectivity index (χ1n) is 16.9. The lowest BCUT2D eigenvalue weighted by molar-refractivity contribution is 0.0582. The monoisotopic (exact) mass is 637 g/mol. The van der Waals surface area contributed by atoms with E-state index in [2.05, 4.69) is 25.1 Å². The van der Waals surface area contributed by atoms with E-state index >= 15 is 0 Å². The Morgan fingerprint density at radius 3 is 2.57 bits per heavy atom. The van der Waals surface area contributed by atoms with Gasteiger partial charge in [0.1, 0.15) is 17.9 Å². The van der Waals surface area contributed by atoms with E-state index in [1.54, 1.807) is 16.0 Å². The molecule has 4 aliphatic rings. The van der Waals surface area contributed by atoms with Gasteiger partial charge in [-0.25, -0.2) is 19.2 Å². The predicted molar refractivity (Wildman–Crippen MR) is 173 cm³/mol. The first kappa shape index (κ1) is 32.4. The number of carbonyl (C=O) groups excluding carboxylic acids is 2. The molecule has 250 valence electrons. The second-order valence-electron chi connectivity index (χ2n) is 14.1. The Morgan fingerprint density at radius 1 is 1.15 bits per heavy atom. The fourth-order valence-corrected chi connectivity index (χ4v) is 7.98. The third-order valence-electron chi connectivity index (χ3n) is 10.6. The van der Waals surface area contributed by atoms with E-state index in [0.717, 1.165) is 71.2 Å². The van der Waals surface area contributed by atoms with Crippen LogP contribution in [-0.4, -0.2) is 112 Å². The minimum atomic E-state index is -0.489. The number of ether oxygens (including phenoxy) is 1. The van der Waals surface area contributed by atoms with Gasteiger partial charge in [0.25, 0.3) is 5.91 Å². The van der Waals surface area contributed by atoms with Gasteiger partial charge in [-0.2, -0.15) is 0 Å². The summed E-state index contributed by atoms with van der Waals surface area (Å²) in [4.78, 5) is 42.7. The lowest BCUT2D eigenvalue weighted by Gasteiger charge is -2.55. The number of anilines is 1. The molecule has 0 radical (unpaired) electrons. The van der Waals surface area contributed by atoms with E-state index in [1.807, 2.05) is 20.8 Å². The zero-order valence-corrected chi connectivity index (χ0v) is 27.4. The largest absolute Gasteiger partial charge is 0.451 e. The Morgan fingerprint density at radius 2 is 1.89 bits per heavy atom. The molecule has 3 amide bonds. The van der Waals surface area contributed by atoms with E-state index in [0.29, 0.717) is 37.1 Å². The number of aliphatic hydroxyl groups excluding tert-OH is 1.